The van der Waals surface area contributed by atoms with E-state index in [1.165, 1.54) is 11.3 Å². The minimum Gasteiger partial charge on any atom is -0.399 e. The van der Waals surface area contributed by atoms with Crippen LogP contribution in [-0.4, -0.2) is 17.4 Å². The van der Waals surface area contributed by atoms with Gasteiger partial charge in [0.15, 0.2) is 0 Å². The zero-order valence-electron chi connectivity index (χ0n) is 11.8. The highest BCUT2D eigenvalue weighted by Gasteiger charge is 2.16. The number of hydrogen-bond donors (Lipinski definition) is 1. The van der Waals surface area contributed by atoms with Crippen LogP contribution in [0.2, 0.25) is 4.34 Å². The van der Waals surface area contributed by atoms with Gasteiger partial charge in [-0.2, -0.15) is 0 Å². The number of rotatable bonds is 5. The fourth-order valence-corrected chi connectivity index (χ4v) is 3.09. The first kappa shape index (κ1) is 15.6. The molecular formula is C16H17ClN2OS. The molecule has 2 aromatic rings. The molecule has 0 unspecified atom stereocenters. The maximum Gasteiger partial charge on any atom is 0.254 e. The van der Waals surface area contributed by atoms with Gasteiger partial charge < -0.3 is 10.6 Å². The van der Waals surface area contributed by atoms with Crippen LogP contribution in [0.5, 0.6) is 0 Å². The van der Waals surface area contributed by atoms with E-state index >= 15 is 0 Å². The Balaban J connectivity index is 2.22. The van der Waals surface area contributed by atoms with Gasteiger partial charge in [-0.15, -0.1) is 17.9 Å². The Morgan fingerprint density at radius 2 is 2.19 bits per heavy atom. The van der Waals surface area contributed by atoms with Gasteiger partial charge in [-0.05, 0) is 42.8 Å². The lowest BCUT2D eigenvalue weighted by molar-refractivity contribution is 0.0764. The summed E-state index contributed by atoms with van der Waals surface area (Å²) in [5.74, 6) is -0.0393. The maximum absolute atomic E-state index is 12.6. The van der Waals surface area contributed by atoms with Crippen molar-refractivity contribution in [2.24, 2.45) is 0 Å². The summed E-state index contributed by atoms with van der Waals surface area (Å²) in [5, 5.41) is 0. The van der Waals surface area contributed by atoms with Crippen molar-refractivity contribution in [1.29, 1.82) is 0 Å². The fourth-order valence-electron chi connectivity index (χ4n) is 1.99. The lowest BCUT2D eigenvalue weighted by atomic mass is 10.1. The van der Waals surface area contributed by atoms with Crippen LogP contribution in [0.15, 0.2) is 43.0 Å². The largest absolute Gasteiger partial charge is 0.399 e. The molecule has 0 saturated carbocycles. The molecule has 0 bridgehead atoms. The van der Waals surface area contributed by atoms with Crippen molar-refractivity contribution in [3.63, 3.8) is 0 Å². The molecule has 21 heavy (non-hydrogen) atoms. The first-order chi connectivity index (χ1) is 10.0. The van der Waals surface area contributed by atoms with E-state index in [1.54, 1.807) is 23.1 Å². The lowest BCUT2D eigenvalue weighted by Crippen LogP contribution is -2.30. The number of nitrogen functional groups attached to an aromatic ring is 1. The molecule has 2 N–H and O–H groups in total. The van der Waals surface area contributed by atoms with Crippen molar-refractivity contribution in [2.75, 3.05) is 12.3 Å². The van der Waals surface area contributed by atoms with Gasteiger partial charge in [-0.1, -0.05) is 17.7 Å². The van der Waals surface area contributed by atoms with Crippen LogP contribution < -0.4 is 5.73 Å². The summed E-state index contributed by atoms with van der Waals surface area (Å²) in [6, 6.07) is 9.10. The number of thiophene rings is 1. The third kappa shape index (κ3) is 3.86. The Morgan fingerprint density at radius 1 is 1.43 bits per heavy atom. The Kier molecular flexibility index (Phi) is 5.04. The third-order valence-corrected chi connectivity index (χ3v) is 4.34. The second-order valence-electron chi connectivity index (χ2n) is 4.75. The fraction of sp³-hybridized carbons (Fsp3) is 0.188. The molecule has 1 heterocycles. The molecule has 0 aliphatic rings. The molecule has 3 nitrogen and oxygen atoms in total. The smallest absolute Gasteiger partial charge is 0.254 e. The number of benzene rings is 1. The van der Waals surface area contributed by atoms with E-state index in [4.69, 9.17) is 17.3 Å². The van der Waals surface area contributed by atoms with Crippen molar-refractivity contribution in [2.45, 2.75) is 13.5 Å². The van der Waals surface area contributed by atoms with Gasteiger partial charge in [-0.25, -0.2) is 0 Å². The zero-order chi connectivity index (χ0) is 15.4. The molecule has 2 rings (SSSR count). The average molecular weight is 321 g/mol. The SMILES string of the molecule is C=CCN(Cc1ccc(Cl)s1)C(=O)c1ccc(N)c(C)c1. The summed E-state index contributed by atoms with van der Waals surface area (Å²) in [6.07, 6.45) is 1.72. The zero-order valence-corrected chi connectivity index (χ0v) is 13.4. The summed E-state index contributed by atoms with van der Waals surface area (Å²) in [7, 11) is 0. The number of nitrogens with zero attached hydrogens (tertiary/aromatic N) is 1. The Hall–Kier alpha value is -1.78. The van der Waals surface area contributed by atoms with Crippen LogP contribution in [0, 0.1) is 6.92 Å². The summed E-state index contributed by atoms with van der Waals surface area (Å²) in [5.41, 5.74) is 8.01. The molecule has 0 fully saturated rings. The van der Waals surface area contributed by atoms with Gasteiger partial charge in [0.25, 0.3) is 5.91 Å². The van der Waals surface area contributed by atoms with Crippen LogP contribution in [0.25, 0.3) is 0 Å². The van der Waals surface area contributed by atoms with E-state index in [2.05, 4.69) is 6.58 Å². The van der Waals surface area contributed by atoms with E-state index < -0.39 is 0 Å². The molecule has 1 aromatic heterocycles. The number of nitrogens with two attached hydrogens (primary N) is 1. The second kappa shape index (κ2) is 6.78. The van der Waals surface area contributed by atoms with E-state index in [9.17, 15) is 4.79 Å². The van der Waals surface area contributed by atoms with Crippen molar-refractivity contribution in [3.05, 3.63) is 63.3 Å². The van der Waals surface area contributed by atoms with E-state index in [1.807, 2.05) is 25.1 Å². The minimum absolute atomic E-state index is 0.0393. The van der Waals surface area contributed by atoms with Gasteiger partial charge >= 0.3 is 0 Å². The maximum atomic E-state index is 12.6. The highest BCUT2D eigenvalue weighted by Crippen LogP contribution is 2.23. The summed E-state index contributed by atoms with van der Waals surface area (Å²) < 4.78 is 0.722. The van der Waals surface area contributed by atoms with Gasteiger partial charge in [0.1, 0.15) is 0 Å². The molecule has 0 spiro atoms. The summed E-state index contributed by atoms with van der Waals surface area (Å²) in [6.45, 7) is 6.61. The highest BCUT2D eigenvalue weighted by molar-refractivity contribution is 7.16. The number of amides is 1. The minimum atomic E-state index is -0.0393. The van der Waals surface area contributed by atoms with Crippen molar-refractivity contribution < 1.29 is 4.79 Å². The van der Waals surface area contributed by atoms with Gasteiger partial charge in [0.05, 0.1) is 10.9 Å². The predicted octanol–water partition coefficient (Wildman–Crippen LogP) is 4.12. The van der Waals surface area contributed by atoms with Crippen LogP contribution in [-0.2, 0) is 6.54 Å². The summed E-state index contributed by atoms with van der Waals surface area (Å²) >= 11 is 7.41. The standard InChI is InChI=1S/C16H17ClN2OS/c1-3-8-19(10-13-5-7-15(17)21-13)16(20)12-4-6-14(18)11(2)9-12/h3-7,9H,1,8,10,18H2,2H3. The van der Waals surface area contributed by atoms with Crippen LogP contribution in [0.3, 0.4) is 0 Å². The lowest BCUT2D eigenvalue weighted by Gasteiger charge is -2.21. The second-order valence-corrected chi connectivity index (χ2v) is 6.55. The molecule has 5 heteroatoms. The molecule has 0 aliphatic heterocycles. The van der Waals surface area contributed by atoms with E-state index in [0.29, 0.717) is 24.3 Å². The van der Waals surface area contributed by atoms with Gasteiger partial charge in [0.2, 0.25) is 0 Å². The van der Waals surface area contributed by atoms with Gasteiger partial charge in [-0.3, -0.25) is 4.79 Å². The molecule has 1 aromatic carbocycles. The van der Waals surface area contributed by atoms with Crippen LogP contribution in [0.1, 0.15) is 20.8 Å². The molecular weight excluding hydrogens is 304 g/mol. The van der Waals surface area contributed by atoms with Crippen molar-refractivity contribution in [3.8, 4) is 0 Å². The molecule has 110 valence electrons. The quantitative estimate of drug-likeness (QED) is 0.665. The number of anilines is 1. The van der Waals surface area contributed by atoms with Crippen LogP contribution in [0.4, 0.5) is 5.69 Å². The topological polar surface area (TPSA) is 46.3 Å². The average Bonchev–Trinajstić information content (AvgIpc) is 2.86. The first-order valence-electron chi connectivity index (χ1n) is 6.51. The monoisotopic (exact) mass is 320 g/mol. The Labute approximate surface area is 133 Å². The highest BCUT2D eigenvalue weighted by atomic mass is 35.5. The number of carbonyl (C=O) groups excluding carboxylic acids is 1. The first-order valence-corrected chi connectivity index (χ1v) is 7.71. The molecule has 0 saturated heterocycles. The number of hydrogen-bond acceptors (Lipinski definition) is 3. The van der Waals surface area contributed by atoms with E-state index in [-0.39, 0.29) is 5.91 Å². The van der Waals surface area contributed by atoms with E-state index in [0.717, 1.165) is 14.8 Å². The molecule has 1 amide bonds. The third-order valence-electron chi connectivity index (χ3n) is 3.13. The van der Waals surface area contributed by atoms with Crippen molar-refractivity contribution >= 4 is 34.5 Å². The number of aryl methyl sites for hydroxylation is 1. The summed E-state index contributed by atoms with van der Waals surface area (Å²) in [4.78, 5) is 15.4. The van der Waals surface area contributed by atoms with Crippen molar-refractivity contribution in [1.82, 2.24) is 4.90 Å². The molecule has 0 aliphatic carbocycles. The Morgan fingerprint density at radius 3 is 2.76 bits per heavy atom. The number of halogens is 1. The Bertz CT molecular complexity index is 666. The van der Waals surface area contributed by atoms with Gasteiger partial charge in [0, 0.05) is 22.7 Å². The molecule has 0 atom stereocenters. The predicted molar refractivity (Wildman–Crippen MR) is 89.9 cm³/mol. The van der Waals surface area contributed by atoms with Crippen LogP contribution >= 0.6 is 22.9 Å². The number of carbonyl (C=O) groups is 1. The normalized spacial score (nSPS) is 10.4. The molecule has 0 radical (unpaired) electrons.